The molecule has 2 amide bonds. The molecule has 144 valence electrons. The Morgan fingerprint density at radius 3 is 1.93 bits per heavy atom. The van der Waals surface area contributed by atoms with Gasteiger partial charge in [0.1, 0.15) is 6.54 Å². The summed E-state index contributed by atoms with van der Waals surface area (Å²) < 4.78 is 1.85. The Morgan fingerprint density at radius 1 is 0.828 bits per heavy atom. The molecular weight excluding hydrogens is 366 g/mol. The first-order valence-electron chi connectivity index (χ1n) is 9.21. The van der Waals surface area contributed by atoms with Gasteiger partial charge in [-0.05, 0) is 48.5 Å². The SMILES string of the molecule is CNC(=O)c1ccc(NC(=O)Cn2c3ccccc3c(=O)c3ccccc32)cc1. The molecule has 0 fully saturated rings. The number of anilines is 1. The van der Waals surface area contributed by atoms with Gasteiger partial charge in [-0.3, -0.25) is 14.4 Å². The number of aromatic nitrogens is 1. The van der Waals surface area contributed by atoms with Crippen LogP contribution in [0.25, 0.3) is 21.8 Å². The minimum Gasteiger partial charge on any atom is -0.355 e. The molecule has 0 aliphatic heterocycles. The van der Waals surface area contributed by atoms with Gasteiger partial charge in [-0.1, -0.05) is 24.3 Å². The molecule has 6 nitrogen and oxygen atoms in total. The molecule has 0 aliphatic rings. The van der Waals surface area contributed by atoms with Crippen LogP contribution in [0.3, 0.4) is 0 Å². The summed E-state index contributed by atoms with van der Waals surface area (Å²) >= 11 is 0. The number of hydrogen-bond donors (Lipinski definition) is 2. The highest BCUT2D eigenvalue weighted by atomic mass is 16.2. The van der Waals surface area contributed by atoms with Gasteiger partial charge in [-0.25, -0.2) is 0 Å². The Kier molecular flexibility index (Phi) is 4.83. The van der Waals surface area contributed by atoms with Crippen LogP contribution in [-0.4, -0.2) is 23.4 Å². The molecule has 0 unspecified atom stereocenters. The molecule has 29 heavy (non-hydrogen) atoms. The Bertz CT molecular complexity index is 1230. The lowest BCUT2D eigenvalue weighted by Crippen LogP contribution is -2.21. The molecule has 2 N–H and O–H groups in total. The first-order valence-corrected chi connectivity index (χ1v) is 9.21. The summed E-state index contributed by atoms with van der Waals surface area (Å²) in [5, 5.41) is 6.56. The third-order valence-electron chi connectivity index (χ3n) is 4.84. The maximum atomic E-state index is 12.8. The highest BCUT2D eigenvalue weighted by molar-refractivity contribution is 5.98. The summed E-state index contributed by atoms with van der Waals surface area (Å²) in [7, 11) is 1.57. The summed E-state index contributed by atoms with van der Waals surface area (Å²) in [6.07, 6.45) is 0. The molecule has 0 saturated carbocycles. The van der Waals surface area contributed by atoms with Crippen molar-refractivity contribution in [2.45, 2.75) is 6.54 Å². The van der Waals surface area contributed by atoms with E-state index in [0.717, 1.165) is 0 Å². The van der Waals surface area contributed by atoms with E-state index in [4.69, 9.17) is 0 Å². The zero-order chi connectivity index (χ0) is 20.4. The molecule has 1 heterocycles. The summed E-state index contributed by atoms with van der Waals surface area (Å²) in [6, 6.07) is 21.2. The molecule has 3 aromatic carbocycles. The molecule has 0 radical (unpaired) electrons. The predicted molar refractivity (Wildman–Crippen MR) is 114 cm³/mol. The normalized spacial score (nSPS) is 10.8. The fraction of sp³-hybridized carbons (Fsp3) is 0.0870. The average molecular weight is 385 g/mol. The smallest absolute Gasteiger partial charge is 0.251 e. The second kappa shape index (κ2) is 7.59. The lowest BCUT2D eigenvalue weighted by Gasteiger charge is -2.15. The van der Waals surface area contributed by atoms with E-state index in [2.05, 4.69) is 10.6 Å². The highest BCUT2D eigenvalue weighted by Crippen LogP contribution is 2.19. The van der Waals surface area contributed by atoms with Crippen LogP contribution in [0, 0.1) is 0 Å². The second-order valence-electron chi connectivity index (χ2n) is 6.65. The summed E-state index contributed by atoms with van der Waals surface area (Å²) in [6.45, 7) is 0.0541. The van der Waals surface area contributed by atoms with Crippen LogP contribution < -0.4 is 16.1 Å². The lowest BCUT2D eigenvalue weighted by molar-refractivity contribution is -0.116. The van der Waals surface area contributed by atoms with Crippen molar-refractivity contribution in [1.29, 1.82) is 0 Å². The molecule has 0 saturated heterocycles. The van der Waals surface area contributed by atoms with E-state index >= 15 is 0 Å². The van der Waals surface area contributed by atoms with E-state index < -0.39 is 0 Å². The Morgan fingerprint density at radius 2 is 1.38 bits per heavy atom. The van der Waals surface area contributed by atoms with Crippen LogP contribution in [-0.2, 0) is 11.3 Å². The monoisotopic (exact) mass is 385 g/mol. The van der Waals surface area contributed by atoms with E-state index in [1.54, 1.807) is 43.4 Å². The molecule has 4 rings (SSSR count). The number of benzene rings is 3. The first kappa shape index (κ1) is 18.4. The van der Waals surface area contributed by atoms with Crippen molar-refractivity contribution in [3.05, 3.63) is 88.6 Å². The van der Waals surface area contributed by atoms with Gasteiger partial charge < -0.3 is 15.2 Å². The van der Waals surface area contributed by atoms with Crippen molar-refractivity contribution in [2.24, 2.45) is 0 Å². The van der Waals surface area contributed by atoms with Crippen molar-refractivity contribution in [3.8, 4) is 0 Å². The van der Waals surface area contributed by atoms with Crippen LogP contribution in [0.4, 0.5) is 5.69 Å². The van der Waals surface area contributed by atoms with E-state index in [1.807, 2.05) is 41.0 Å². The zero-order valence-corrected chi connectivity index (χ0v) is 15.8. The van der Waals surface area contributed by atoms with Crippen LogP contribution in [0.1, 0.15) is 10.4 Å². The zero-order valence-electron chi connectivity index (χ0n) is 15.8. The van der Waals surface area contributed by atoms with Crippen molar-refractivity contribution in [2.75, 3.05) is 12.4 Å². The first-order chi connectivity index (χ1) is 14.1. The second-order valence-corrected chi connectivity index (χ2v) is 6.65. The van der Waals surface area contributed by atoms with Crippen molar-refractivity contribution >= 4 is 39.3 Å². The minimum absolute atomic E-state index is 0.0438. The molecule has 6 heteroatoms. The highest BCUT2D eigenvalue weighted by Gasteiger charge is 2.13. The van der Waals surface area contributed by atoms with Gasteiger partial charge >= 0.3 is 0 Å². The van der Waals surface area contributed by atoms with E-state index in [1.165, 1.54) is 0 Å². The summed E-state index contributed by atoms with van der Waals surface area (Å²) in [5.74, 6) is -0.411. The van der Waals surface area contributed by atoms with Crippen molar-refractivity contribution < 1.29 is 9.59 Å². The number of nitrogens with zero attached hydrogens (tertiary/aromatic N) is 1. The maximum absolute atomic E-state index is 12.8. The van der Waals surface area contributed by atoms with Crippen molar-refractivity contribution in [1.82, 2.24) is 9.88 Å². The number of carbonyl (C=O) groups is 2. The Balaban J connectivity index is 1.68. The van der Waals surface area contributed by atoms with Gasteiger partial charge in [-0.2, -0.15) is 0 Å². The standard InChI is InChI=1S/C23H19N3O3/c1-24-23(29)15-10-12-16(13-11-15)25-21(27)14-26-19-8-4-2-6-17(19)22(28)18-7-3-5-9-20(18)26/h2-13H,14H2,1H3,(H,24,29)(H,25,27). The van der Waals surface area contributed by atoms with E-state index in [0.29, 0.717) is 33.1 Å². The number of fused-ring (bicyclic) bond motifs is 2. The van der Waals surface area contributed by atoms with E-state index in [9.17, 15) is 14.4 Å². The number of rotatable bonds is 4. The number of pyridine rings is 1. The molecule has 4 aromatic rings. The van der Waals surface area contributed by atoms with Crippen LogP contribution in [0.5, 0.6) is 0 Å². The molecule has 0 atom stereocenters. The van der Waals surface area contributed by atoms with Crippen LogP contribution in [0.15, 0.2) is 77.6 Å². The fourth-order valence-corrected chi connectivity index (χ4v) is 3.44. The topological polar surface area (TPSA) is 80.2 Å². The maximum Gasteiger partial charge on any atom is 0.251 e. The fourth-order valence-electron chi connectivity index (χ4n) is 3.44. The quantitative estimate of drug-likeness (QED) is 0.530. The van der Waals surface area contributed by atoms with Crippen molar-refractivity contribution in [3.63, 3.8) is 0 Å². The third kappa shape index (κ3) is 3.48. The lowest BCUT2D eigenvalue weighted by atomic mass is 10.1. The average Bonchev–Trinajstić information content (AvgIpc) is 2.76. The third-order valence-corrected chi connectivity index (χ3v) is 4.84. The molecule has 0 bridgehead atoms. The molecular formula is C23H19N3O3. The molecule has 1 aromatic heterocycles. The Labute approximate surface area is 166 Å². The molecule has 0 spiro atoms. The number of amides is 2. The van der Waals surface area contributed by atoms with Gasteiger partial charge in [0, 0.05) is 29.1 Å². The van der Waals surface area contributed by atoms with Gasteiger partial charge in [0.15, 0.2) is 5.43 Å². The number of carbonyl (C=O) groups excluding carboxylic acids is 2. The minimum atomic E-state index is -0.225. The van der Waals surface area contributed by atoms with Gasteiger partial charge in [0.2, 0.25) is 5.91 Å². The van der Waals surface area contributed by atoms with E-state index in [-0.39, 0.29) is 23.8 Å². The number of nitrogens with one attached hydrogen (secondary N) is 2. The largest absolute Gasteiger partial charge is 0.355 e. The van der Waals surface area contributed by atoms with Gasteiger partial charge in [0.25, 0.3) is 5.91 Å². The summed E-state index contributed by atoms with van der Waals surface area (Å²) in [4.78, 5) is 37.2. The van der Waals surface area contributed by atoms with Crippen LogP contribution in [0.2, 0.25) is 0 Å². The van der Waals surface area contributed by atoms with Crippen LogP contribution >= 0.6 is 0 Å². The van der Waals surface area contributed by atoms with Gasteiger partial charge in [-0.15, -0.1) is 0 Å². The number of para-hydroxylation sites is 2. The Hall–Kier alpha value is -3.93. The molecule has 0 aliphatic carbocycles. The number of hydrogen-bond acceptors (Lipinski definition) is 3. The predicted octanol–water partition coefficient (Wildman–Crippen LogP) is 3.15. The van der Waals surface area contributed by atoms with Gasteiger partial charge in [0.05, 0.1) is 11.0 Å². The summed E-state index contributed by atoms with van der Waals surface area (Å²) in [5.41, 5.74) is 2.49.